The lowest BCUT2D eigenvalue weighted by atomic mass is 9.73. The monoisotopic (exact) mass is 1470 g/mol. The SMILES string of the molecule is CC(C)n1cnc2cc(-c3ccc4c(c3)N(C3CC(N5CCC(C)(C)C5)C3)C(=O)C43CCN(C(=O)[C@@H]4CC[C@H](C)O4)CC3)nc(Nc3ccncc3F)c21.CC(C)n1cnc2cc(-c3ccc4c(c3)N(C3CC(N5CCC(C)(C)C5)C3)C(=O)C43CCN(C(=O)[C@H]4CC[C@@H](C)O4)CC3)nc(Nc3ccncc3F)c21. The smallest absolute Gasteiger partial charge is 0.251 e. The van der Waals surface area contributed by atoms with Crippen LogP contribution in [-0.2, 0) is 39.5 Å². The minimum Gasteiger partial charge on any atom is -0.365 e. The number of ether oxygens (including phenoxy) is 2. The molecule has 4 atom stereocenters. The van der Waals surface area contributed by atoms with Gasteiger partial charge in [0.2, 0.25) is 11.8 Å². The molecular weight excluding hydrogens is 1370 g/mol. The van der Waals surface area contributed by atoms with Gasteiger partial charge in [0.15, 0.2) is 23.3 Å². The minimum absolute atomic E-state index is 0.0554. The summed E-state index contributed by atoms with van der Waals surface area (Å²) in [5, 5.41) is 6.47. The molecule has 22 nitrogen and oxygen atoms in total. The molecule has 2 aromatic carbocycles. The van der Waals surface area contributed by atoms with Crippen LogP contribution in [0.15, 0.2) is 98.1 Å². The number of piperidine rings is 2. The first-order valence-electron chi connectivity index (χ1n) is 39.6. The molecule has 8 aliphatic heterocycles. The third-order valence-electron chi connectivity index (χ3n) is 25.9. The molecule has 568 valence electrons. The van der Waals surface area contributed by atoms with Crippen molar-refractivity contribution in [1.82, 2.24) is 58.6 Å². The van der Waals surface area contributed by atoms with E-state index < -0.39 is 22.5 Å². The van der Waals surface area contributed by atoms with E-state index in [9.17, 15) is 28.0 Å². The number of amides is 4. The highest BCUT2D eigenvalue weighted by Gasteiger charge is 2.59. The number of fused-ring (bicyclic) bond motifs is 6. The fourth-order valence-corrected chi connectivity index (χ4v) is 19.4. The number of benzene rings is 2. The van der Waals surface area contributed by atoms with Gasteiger partial charge in [0.25, 0.3) is 11.8 Å². The van der Waals surface area contributed by atoms with E-state index in [0.29, 0.717) is 97.8 Å². The zero-order valence-electron chi connectivity index (χ0n) is 64.0. The largest absolute Gasteiger partial charge is 0.365 e. The van der Waals surface area contributed by atoms with Crippen molar-refractivity contribution in [2.45, 2.75) is 231 Å². The second kappa shape index (κ2) is 27.6. The standard InChI is InChI=1S/2C42H51FN8O3/c2*1-25(2)50-24-45-34-21-33(47-38(37(34)50)46-32-10-14-44-22-31(32)43)27-7-8-30-35(18-27)51(29-19-28(20-29)49-15-11-41(4,5)23-49)40(53)42(30)12-16-48(17-13-42)39(52)36-9-6-26(3)54-36/h2*7-8,10,14,18,21-22,24-26,28-29,36H,6,9,11-13,15-17,19-20,23H2,1-5H3,(H,44,46,47)/t2*26-,28?,29?,36-/m10/s1. The van der Waals surface area contributed by atoms with Gasteiger partial charge in [-0.2, -0.15) is 0 Å². The summed E-state index contributed by atoms with van der Waals surface area (Å²) in [6, 6.07) is 21.1. The van der Waals surface area contributed by atoms with E-state index in [0.717, 1.165) is 133 Å². The number of anilines is 6. The molecule has 4 amide bonds. The zero-order valence-corrected chi connectivity index (χ0v) is 64.0. The predicted octanol–water partition coefficient (Wildman–Crippen LogP) is 14.0. The van der Waals surface area contributed by atoms with E-state index in [2.05, 4.69) is 132 Å². The molecule has 2 spiro atoms. The van der Waals surface area contributed by atoms with Crippen LogP contribution in [0.25, 0.3) is 44.6 Å². The number of likely N-dealkylation sites (tertiary alicyclic amines) is 4. The van der Waals surface area contributed by atoms with E-state index >= 15 is 0 Å². The molecule has 6 saturated heterocycles. The van der Waals surface area contributed by atoms with Crippen molar-refractivity contribution in [3.05, 3.63) is 121 Å². The third kappa shape index (κ3) is 12.8. The Bertz CT molecular complexity index is 4530. The molecule has 0 radical (unpaired) electrons. The summed E-state index contributed by atoms with van der Waals surface area (Å²) in [6.07, 6.45) is 20.3. The molecule has 108 heavy (non-hydrogen) atoms. The summed E-state index contributed by atoms with van der Waals surface area (Å²) in [5.74, 6) is 0.479. The lowest BCUT2D eigenvalue weighted by Crippen LogP contribution is -2.58. The summed E-state index contributed by atoms with van der Waals surface area (Å²) in [7, 11) is 0. The number of nitrogens with one attached hydrogen (secondary N) is 2. The van der Waals surface area contributed by atoms with Crippen molar-refractivity contribution < 1.29 is 37.4 Å². The maximum absolute atomic E-state index is 15.0. The van der Waals surface area contributed by atoms with E-state index in [1.54, 1.807) is 37.2 Å². The fourth-order valence-electron chi connectivity index (χ4n) is 19.4. The molecule has 2 aliphatic carbocycles. The second-order valence-electron chi connectivity index (χ2n) is 34.9. The Labute approximate surface area is 630 Å². The first-order chi connectivity index (χ1) is 51.8. The van der Waals surface area contributed by atoms with E-state index in [4.69, 9.17) is 29.4 Å². The van der Waals surface area contributed by atoms with E-state index in [1.165, 1.54) is 25.2 Å². The Morgan fingerprint density at radius 1 is 0.519 bits per heavy atom. The normalized spacial score (nSPS) is 26.2. The van der Waals surface area contributed by atoms with Crippen molar-refractivity contribution in [1.29, 1.82) is 0 Å². The summed E-state index contributed by atoms with van der Waals surface area (Å²) in [4.78, 5) is 97.7. The number of imidazole rings is 2. The second-order valence-corrected chi connectivity index (χ2v) is 34.9. The summed E-state index contributed by atoms with van der Waals surface area (Å²) < 4.78 is 45.7. The van der Waals surface area contributed by atoms with Gasteiger partial charge in [-0.1, -0.05) is 52.0 Å². The zero-order chi connectivity index (χ0) is 75.0. The molecule has 24 heteroatoms. The predicted molar refractivity (Wildman–Crippen MR) is 412 cm³/mol. The number of aromatic nitrogens is 8. The van der Waals surface area contributed by atoms with Gasteiger partial charge < -0.3 is 48.8 Å². The Hall–Kier alpha value is -8.84. The van der Waals surface area contributed by atoms with Crippen LogP contribution in [0, 0.1) is 22.5 Å². The maximum Gasteiger partial charge on any atom is 0.251 e. The van der Waals surface area contributed by atoms with Crippen LogP contribution in [0.4, 0.5) is 43.2 Å². The van der Waals surface area contributed by atoms with Gasteiger partial charge in [-0.25, -0.2) is 28.7 Å². The van der Waals surface area contributed by atoms with Gasteiger partial charge in [0.1, 0.15) is 23.2 Å². The summed E-state index contributed by atoms with van der Waals surface area (Å²) in [5.41, 5.74) is 9.94. The number of pyridine rings is 4. The Kier molecular flexibility index (Phi) is 18.4. The average Bonchev–Trinajstić information content (AvgIpc) is 1.56. The van der Waals surface area contributed by atoms with Crippen LogP contribution < -0.4 is 20.4 Å². The minimum atomic E-state index is -0.686. The number of halogens is 2. The highest BCUT2D eigenvalue weighted by molar-refractivity contribution is 6.11. The van der Waals surface area contributed by atoms with Crippen LogP contribution in [0.3, 0.4) is 0 Å². The van der Waals surface area contributed by atoms with E-state index in [1.807, 2.05) is 44.9 Å². The number of hydrogen-bond acceptors (Lipinski definition) is 16. The molecule has 14 heterocycles. The number of hydrogen-bond donors (Lipinski definition) is 2. The number of carbonyl (C=O) groups is 4. The molecule has 8 aromatic rings. The van der Waals surface area contributed by atoms with E-state index in [-0.39, 0.29) is 83.6 Å². The molecular formula is C84H102F2N16O6. The van der Waals surface area contributed by atoms with Crippen LogP contribution >= 0.6 is 0 Å². The Morgan fingerprint density at radius 2 is 0.917 bits per heavy atom. The molecule has 0 bridgehead atoms. The molecule has 10 aliphatic rings. The topological polar surface area (TPSA) is 217 Å². The maximum atomic E-state index is 15.0. The van der Waals surface area contributed by atoms with Crippen LogP contribution in [0.5, 0.6) is 0 Å². The molecule has 2 N–H and O–H groups in total. The number of carbonyl (C=O) groups excluding carboxylic acids is 4. The Balaban J connectivity index is 0.000000158. The van der Waals surface area contributed by atoms with Gasteiger partial charge in [0.05, 0.1) is 81.9 Å². The summed E-state index contributed by atoms with van der Waals surface area (Å²) >= 11 is 0. The van der Waals surface area contributed by atoms with Crippen LogP contribution in [-0.4, -0.2) is 183 Å². The van der Waals surface area contributed by atoms with Gasteiger partial charge >= 0.3 is 0 Å². The van der Waals surface area contributed by atoms with Crippen molar-refractivity contribution in [3.63, 3.8) is 0 Å². The Morgan fingerprint density at radius 3 is 1.26 bits per heavy atom. The van der Waals surface area contributed by atoms with Crippen molar-refractivity contribution >= 4 is 80.1 Å². The molecule has 6 aromatic heterocycles. The first kappa shape index (κ1) is 72.0. The fraction of sp³-hybridized carbons (Fsp3) is 0.548. The van der Waals surface area contributed by atoms with Crippen molar-refractivity contribution in [2.75, 3.05) is 72.8 Å². The quantitative estimate of drug-likeness (QED) is 0.103. The van der Waals surface area contributed by atoms with Gasteiger partial charge in [-0.15, -0.1) is 0 Å². The highest BCUT2D eigenvalue weighted by atomic mass is 19.1. The summed E-state index contributed by atoms with van der Waals surface area (Å²) in [6.45, 7) is 28.3. The van der Waals surface area contributed by atoms with Crippen molar-refractivity contribution in [3.8, 4) is 22.5 Å². The lowest BCUT2D eigenvalue weighted by molar-refractivity contribution is -0.145. The highest BCUT2D eigenvalue weighted by Crippen LogP contribution is 2.55. The molecule has 0 unspecified atom stereocenters. The third-order valence-corrected chi connectivity index (χ3v) is 25.9. The van der Waals surface area contributed by atoms with Gasteiger partial charge in [-0.3, -0.25) is 38.9 Å². The van der Waals surface area contributed by atoms with Crippen molar-refractivity contribution in [2.24, 2.45) is 10.8 Å². The van der Waals surface area contributed by atoms with Crippen LogP contribution in [0.1, 0.15) is 182 Å². The average molecular weight is 1470 g/mol. The van der Waals surface area contributed by atoms with Gasteiger partial charge in [-0.05, 0) is 203 Å². The number of rotatable bonds is 14. The lowest BCUT2D eigenvalue weighted by Gasteiger charge is -2.46. The first-order valence-corrected chi connectivity index (χ1v) is 39.6. The molecule has 18 rings (SSSR count). The van der Waals surface area contributed by atoms with Gasteiger partial charge in [0, 0.05) is 110 Å². The molecule has 2 saturated carbocycles. The molecule has 8 fully saturated rings. The van der Waals surface area contributed by atoms with Crippen LogP contribution in [0.2, 0.25) is 0 Å². The number of nitrogens with zero attached hydrogens (tertiary/aromatic N) is 14.